The standard InChI is InChI=1S/C17H21ClN4O2/c18-14-5-6-16(20-15(14)10-19)22(11-13-4-3-9-24-13)12-17(23)21-7-1-2-8-21/h5-6,13H,1-4,7-9,11-12H2/t13-/m0/s1. The van der Waals surface area contributed by atoms with E-state index < -0.39 is 0 Å². The number of halogens is 1. The van der Waals surface area contributed by atoms with Crippen molar-refractivity contribution in [1.29, 1.82) is 5.26 Å². The number of anilines is 1. The van der Waals surface area contributed by atoms with Crippen LogP contribution in [0.3, 0.4) is 0 Å². The number of nitriles is 1. The molecule has 0 aliphatic carbocycles. The summed E-state index contributed by atoms with van der Waals surface area (Å²) >= 11 is 5.98. The fourth-order valence-electron chi connectivity index (χ4n) is 3.19. The van der Waals surface area contributed by atoms with Crippen LogP contribution < -0.4 is 4.90 Å². The molecular formula is C17H21ClN4O2. The molecule has 128 valence electrons. The first-order chi connectivity index (χ1) is 11.7. The van der Waals surface area contributed by atoms with Gasteiger partial charge in [0.1, 0.15) is 11.9 Å². The van der Waals surface area contributed by atoms with Crippen molar-refractivity contribution >= 4 is 23.3 Å². The summed E-state index contributed by atoms with van der Waals surface area (Å²) in [6.45, 7) is 3.25. The van der Waals surface area contributed by atoms with Crippen LogP contribution in [-0.2, 0) is 9.53 Å². The summed E-state index contributed by atoms with van der Waals surface area (Å²) in [6.07, 6.45) is 4.24. The molecule has 0 spiro atoms. The van der Waals surface area contributed by atoms with Gasteiger partial charge in [0, 0.05) is 26.2 Å². The molecule has 0 N–H and O–H groups in total. The van der Waals surface area contributed by atoms with E-state index in [1.165, 1.54) is 0 Å². The number of amides is 1. The van der Waals surface area contributed by atoms with Gasteiger partial charge in [0.2, 0.25) is 5.91 Å². The van der Waals surface area contributed by atoms with E-state index in [1.807, 2.05) is 15.9 Å². The summed E-state index contributed by atoms with van der Waals surface area (Å²) < 4.78 is 5.71. The highest BCUT2D eigenvalue weighted by atomic mass is 35.5. The van der Waals surface area contributed by atoms with Crippen LogP contribution in [0.1, 0.15) is 31.4 Å². The van der Waals surface area contributed by atoms with Gasteiger partial charge in [-0.1, -0.05) is 11.6 Å². The summed E-state index contributed by atoms with van der Waals surface area (Å²) in [5.74, 6) is 0.694. The van der Waals surface area contributed by atoms with Gasteiger partial charge in [-0.15, -0.1) is 0 Å². The third kappa shape index (κ3) is 3.97. The van der Waals surface area contributed by atoms with E-state index in [4.69, 9.17) is 21.6 Å². The van der Waals surface area contributed by atoms with E-state index in [1.54, 1.807) is 12.1 Å². The lowest BCUT2D eigenvalue weighted by atomic mass is 10.2. The van der Waals surface area contributed by atoms with Crippen molar-refractivity contribution in [3.63, 3.8) is 0 Å². The molecular weight excluding hydrogens is 328 g/mol. The number of carbonyl (C=O) groups excluding carboxylic acids is 1. The Hall–Kier alpha value is -1.84. The van der Waals surface area contributed by atoms with Gasteiger partial charge in [0.15, 0.2) is 5.69 Å². The second-order valence-electron chi connectivity index (χ2n) is 6.22. The van der Waals surface area contributed by atoms with Gasteiger partial charge in [-0.05, 0) is 37.8 Å². The average molecular weight is 349 g/mol. The predicted octanol–water partition coefficient (Wildman–Crippen LogP) is 2.21. The second-order valence-corrected chi connectivity index (χ2v) is 6.62. The normalized spacial score (nSPS) is 20.2. The Bertz CT molecular complexity index is 634. The number of carbonyl (C=O) groups is 1. The maximum absolute atomic E-state index is 12.5. The number of pyridine rings is 1. The van der Waals surface area contributed by atoms with Crippen molar-refractivity contribution in [2.45, 2.75) is 31.8 Å². The zero-order valence-electron chi connectivity index (χ0n) is 13.6. The van der Waals surface area contributed by atoms with Crippen molar-refractivity contribution in [1.82, 2.24) is 9.88 Å². The lowest BCUT2D eigenvalue weighted by Gasteiger charge is -2.28. The largest absolute Gasteiger partial charge is 0.376 e. The molecule has 24 heavy (non-hydrogen) atoms. The number of ether oxygens (including phenoxy) is 1. The van der Waals surface area contributed by atoms with E-state index in [9.17, 15) is 4.79 Å². The summed E-state index contributed by atoms with van der Waals surface area (Å²) in [5.41, 5.74) is 0.181. The van der Waals surface area contributed by atoms with Crippen LogP contribution in [0.4, 0.5) is 5.82 Å². The molecule has 3 rings (SSSR count). The molecule has 0 aromatic carbocycles. The Labute approximate surface area is 147 Å². The minimum Gasteiger partial charge on any atom is -0.376 e. The molecule has 1 amide bonds. The predicted molar refractivity (Wildman–Crippen MR) is 91.0 cm³/mol. The molecule has 2 saturated heterocycles. The van der Waals surface area contributed by atoms with E-state index in [0.717, 1.165) is 45.4 Å². The zero-order chi connectivity index (χ0) is 16.9. The molecule has 7 heteroatoms. The Balaban J connectivity index is 1.78. The third-order valence-corrected chi connectivity index (χ3v) is 4.80. The highest BCUT2D eigenvalue weighted by Crippen LogP contribution is 2.22. The first kappa shape index (κ1) is 17.0. The van der Waals surface area contributed by atoms with E-state index in [0.29, 0.717) is 17.4 Å². The van der Waals surface area contributed by atoms with Gasteiger partial charge in [0.25, 0.3) is 0 Å². The minimum absolute atomic E-state index is 0.0967. The molecule has 3 heterocycles. The van der Waals surface area contributed by atoms with Crippen molar-refractivity contribution in [3.05, 3.63) is 22.8 Å². The van der Waals surface area contributed by atoms with E-state index >= 15 is 0 Å². The van der Waals surface area contributed by atoms with Crippen LogP contribution in [0.25, 0.3) is 0 Å². The summed E-state index contributed by atoms with van der Waals surface area (Å²) in [5, 5.41) is 9.47. The van der Waals surface area contributed by atoms with Crippen molar-refractivity contribution in [3.8, 4) is 6.07 Å². The maximum atomic E-state index is 12.5. The minimum atomic E-state index is 0.0967. The Morgan fingerprint density at radius 2 is 2.21 bits per heavy atom. The van der Waals surface area contributed by atoms with Gasteiger partial charge in [-0.3, -0.25) is 4.79 Å². The van der Waals surface area contributed by atoms with Gasteiger partial charge < -0.3 is 14.5 Å². The first-order valence-electron chi connectivity index (χ1n) is 8.38. The van der Waals surface area contributed by atoms with Crippen LogP contribution in [0.15, 0.2) is 12.1 Å². The fraction of sp³-hybridized carbons (Fsp3) is 0.588. The summed E-state index contributed by atoms with van der Waals surface area (Å²) in [6, 6.07) is 5.41. The molecule has 6 nitrogen and oxygen atoms in total. The molecule has 0 bridgehead atoms. The quantitative estimate of drug-likeness (QED) is 0.816. The molecule has 0 saturated carbocycles. The van der Waals surface area contributed by atoms with Crippen molar-refractivity contribution < 1.29 is 9.53 Å². The summed E-state index contributed by atoms with van der Waals surface area (Å²) in [4.78, 5) is 20.7. The highest BCUT2D eigenvalue weighted by molar-refractivity contribution is 6.31. The van der Waals surface area contributed by atoms with Gasteiger partial charge in [-0.25, -0.2) is 4.98 Å². The fourth-order valence-corrected chi connectivity index (χ4v) is 3.34. The molecule has 0 unspecified atom stereocenters. The van der Waals surface area contributed by atoms with Crippen molar-refractivity contribution in [2.24, 2.45) is 0 Å². The van der Waals surface area contributed by atoms with Gasteiger partial charge >= 0.3 is 0 Å². The zero-order valence-corrected chi connectivity index (χ0v) is 14.3. The average Bonchev–Trinajstić information content (AvgIpc) is 3.28. The number of nitrogens with zero attached hydrogens (tertiary/aromatic N) is 4. The number of aromatic nitrogens is 1. The lowest BCUT2D eigenvalue weighted by molar-refractivity contribution is -0.128. The molecule has 1 atom stereocenters. The van der Waals surface area contributed by atoms with Gasteiger partial charge in [0.05, 0.1) is 17.7 Å². The summed E-state index contributed by atoms with van der Waals surface area (Å²) in [7, 11) is 0. The van der Waals surface area contributed by atoms with Crippen molar-refractivity contribution in [2.75, 3.05) is 37.7 Å². The molecule has 2 aliphatic heterocycles. The maximum Gasteiger partial charge on any atom is 0.242 e. The SMILES string of the molecule is N#Cc1nc(N(CC(=O)N2CCCC2)C[C@@H]2CCCO2)ccc1Cl. The van der Waals surface area contributed by atoms with Gasteiger partial charge in [-0.2, -0.15) is 5.26 Å². The van der Waals surface area contributed by atoms with Crippen LogP contribution in [-0.4, -0.2) is 54.7 Å². The Morgan fingerprint density at radius 1 is 1.42 bits per heavy atom. The van der Waals surface area contributed by atoms with Crippen LogP contribution >= 0.6 is 11.6 Å². The topological polar surface area (TPSA) is 69.5 Å². The third-order valence-electron chi connectivity index (χ3n) is 4.49. The monoisotopic (exact) mass is 348 g/mol. The van der Waals surface area contributed by atoms with E-state index in [2.05, 4.69) is 4.98 Å². The molecule has 1 aromatic heterocycles. The van der Waals surface area contributed by atoms with Crippen LogP contribution in [0.5, 0.6) is 0 Å². The smallest absolute Gasteiger partial charge is 0.242 e. The molecule has 2 fully saturated rings. The molecule has 1 aromatic rings. The number of hydrogen-bond donors (Lipinski definition) is 0. The number of likely N-dealkylation sites (tertiary alicyclic amines) is 1. The Kier molecular flexibility index (Phi) is 5.54. The Morgan fingerprint density at radius 3 is 2.88 bits per heavy atom. The van der Waals surface area contributed by atoms with Crippen LogP contribution in [0.2, 0.25) is 5.02 Å². The second kappa shape index (κ2) is 7.82. The van der Waals surface area contributed by atoms with Crippen LogP contribution in [0, 0.1) is 11.3 Å². The molecule has 0 radical (unpaired) electrons. The number of hydrogen-bond acceptors (Lipinski definition) is 5. The first-order valence-corrected chi connectivity index (χ1v) is 8.76. The lowest BCUT2D eigenvalue weighted by Crippen LogP contribution is -2.42. The highest BCUT2D eigenvalue weighted by Gasteiger charge is 2.25. The van der Waals surface area contributed by atoms with E-state index in [-0.39, 0.29) is 24.2 Å². The molecule has 2 aliphatic rings. The number of rotatable bonds is 5.